The van der Waals surface area contributed by atoms with Crippen molar-refractivity contribution in [3.8, 4) is 22.6 Å². The van der Waals surface area contributed by atoms with Crippen LogP contribution in [0.5, 0.6) is 0 Å². The SMILES string of the molecule is CCOC(=O)N(c1ccccc1)c1c(C)noc1-c1ccc(-c2ccc(C3(C(=O)O)CC3)cc2)nc1. The number of rotatable bonds is 7. The number of benzene rings is 2. The van der Waals surface area contributed by atoms with Gasteiger partial charge in [0.2, 0.25) is 0 Å². The number of carboxylic acid groups (broad SMARTS) is 1. The number of anilines is 2. The Morgan fingerprint density at radius 1 is 1.03 bits per heavy atom. The van der Waals surface area contributed by atoms with E-state index in [1.54, 1.807) is 20.0 Å². The molecule has 2 heterocycles. The molecule has 0 unspecified atom stereocenters. The molecule has 1 aliphatic carbocycles. The molecule has 4 aromatic rings. The summed E-state index contributed by atoms with van der Waals surface area (Å²) in [6.45, 7) is 3.75. The van der Waals surface area contributed by atoms with Crippen molar-refractivity contribution in [2.45, 2.75) is 32.1 Å². The molecule has 1 fully saturated rings. The molecule has 2 aromatic carbocycles. The Labute approximate surface area is 208 Å². The van der Waals surface area contributed by atoms with Crippen LogP contribution in [0, 0.1) is 6.92 Å². The fourth-order valence-electron chi connectivity index (χ4n) is 4.32. The van der Waals surface area contributed by atoms with Gasteiger partial charge >= 0.3 is 12.1 Å². The molecule has 8 heteroatoms. The van der Waals surface area contributed by atoms with Crippen molar-refractivity contribution in [1.82, 2.24) is 10.1 Å². The minimum Gasteiger partial charge on any atom is -0.481 e. The van der Waals surface area contributed by atoms with Crippen LogP contribution in [0.15, 0.2) is 77.4 Å². The number of carbonyl (C=O) groups is 2. The summed E-state index contributed by atoms with van der Waals surface area (Å²) in [5.41, 5.74) is 3.99. The van der Waals surface area contributed by atoms with Crippen LogP contribution in [0.1, 0.15) is 31.0 Å². The molecule has 1 amide bonds. The van der Waals surface area contributed by atoms with E-state index in [0.717, 1.165) is 16.8 Å². The number of nitrogens with zero attached hydrogens (tertiary/aromatic N) is 3. The van der Waals surface area contributed by atoms with Crippen LogP contribution < -0.4 is 4.90 Å². The Morgan fingerprint density at radius 2 is 1.72 bits per heavy atom. The standard InChI is InChI=1S/C28H25N3O5/c1-3-35-27(34)31(22-7-5-4-6-8-22)24-18(2)30-36-25(24)20-11-14-23(29-17-20)19-9-12-21(13-10-19)28(15-16-28)26(32)33/h4-14,17H,3,15-16H2,1-2H3,(H,32,33). The first kappa shape index (κ1) is 23.3. The third-order valence-electron chi connectivity index (χ3n) is 6.44. The van der Waals surface area contributed by atoms with E-state index in [0.29, 0.717) is 41.2 Å². The van der Waals surface area contributed by atoms with Crippen molar-refractivity contribution in [1.29, 1.82) is 0 Å². The van der Waals surface area contributed by atoms with Gasteiger partial charge in [0.1, 0.15) is 11.4 Å². The lowest BCUT2D eigenvalue weighted by atomic mass is 9.94. The van der Waals surface area contributed by atoms with Crippen molar-refractivity contribution in [2.24, 2.45) is 0 Å². The highest BCUT2D eigenvalue weighted by molar-refractivity contribution is 6.00. The van der Waals surface area contributed by atoms with Gasteiger partial charge in [-0.05, 0) is 56.5 Å². The molecule has 0 atom stereocenters. The van der Waals surface area contributed by atoms with Crippen LogP contribution >= 0.6 is 0 Å². The summed E-state index contributed by atoms with van der Waals surface area (Å²) in [5.74, 6) is -0.376. The van der Waals surface area contributed by atoms with Crippen LogP contribution in [0.3, 0.4) is 0 Å². The van der Waals surface area contributed by atoms with E-state index in [2.05, 4.69) is 10.1 Å². The monoisotopic (exact) mass is 483 g/mol. The average molecular weight is 484 g/mol. The second-order valence-electron chi connectivity index (χ2n) is 8.71. The second kappa shape index (κ2) is 9.30. The highest BCUT2D eigenvalue weighted by atomic mass is 16.6. The third kappa shape index (κ3) is 4.11. The van der Waals surface area contributed by atoms with E-state index >= 15 is 0 Å². The minimum atomic E-state index is -0.775. The lowest BCUT2D eigenvalue weighted by Crippen LogP contribution is -2.27. The lowest BCUT2D eigenvalue weighted by Gasteiger charge is -2.22. The van der Waals surface area contributed by atoms with Gasteiger partial charge < -0.3 is 14.4 Å². The maximum Gasteiger partial charge on any atom is 0.419 e. The first-order valence-corrected chi connectivity index (χ1v) is 11.7. The zero-order chi connectivity index (χ0) is 25.3. The number of carbonyl (C=O) groups excluding carboxylic acids is 1. The molecule has 0 saturated heterocycles. The number of aromatic nitrogens is 2. The van der Waals surface area contributed by atoms with Gasteiger partial charge in [0.05, 0.1) is 23.4 Å². The second-order valence-corrected chi connectivity index (χ2v) is 8.71. The van der Waals surface area contributed by atoms with Gasteiger partial charge in [0, 0.05) is 17.3 Å². The van der Waals surface area contributed by atoms with Crippen molar-refractivity contribution >= 4 is 23.4 Å². The number of pyridine rings is 1. The van der Waals surface area contributed by atoms with E-state index in [1.807, 2.05) is 66.7 Å². The molecule has 2 aromatic heterocycles. The quantitative estimate of drug-likeness (QED) is 0.337. The molecule has 1 saturated carbocycles. The average Bonchev–Trinajstić information content (AvgIpc) is 3.64. The molecule has 1 N–H and O–H groups in total. The van der Waals surface area contributed by atoms with Gasteiger partial charge in [0.15, 0.2) is 5.76 Å². The third-order valence-corrected chi connectivity index (χ3v) is 6.44. The summed E-state index contributed by atoms with van der Waals surface area (Å²) in [6.07, 6.45) is 2.47. The molecule has 0 aliphatic heterocycles. The Bertz CT molecular complexity index is 1390. The summed E-state index contributed by atoms with van der Waals surface area (Å²) in [4.78, 5) is 30.6. The Kier molecular flexibility index (Phi) is 6.01. The van der Waals surface area contributed by atoms with Crippen LogP contribution in [-0.4, -0.2) is 33.9 Å². The van der Waals surface area contributed by atoms with E-state index in [1.165, 1.54) is 4.90 Å². The highest BCUT2D eigenvalue weighted by Crippen LogP contribution is 2.48. The zero-order valence-electron chi connectivity index (χ0n) is 20.0. The molecule has 36 heavy (non-hydrogen) atoms. The lowest BCUT2D eigenvalue weighted by molar-refractivity contribution is -0.140. The highest BCUT2D eigenvalue weighted by Gasteiger charge is 2.51. The summed E-state index contributed by atoms with van der Waals surface area (Å²) >= 11 is 0. The van der Waals surface area contributed by atoms with Crippen molar-refractivity contribution in [3.63, 3.8) is 0 Å². The predicted octanol–water partition coefficient (Wildman–Crippen LogP) is 6.12. The fraction of sp³-hybridized carbons (Fsp3) is 0.214. The largest absolute Gasteiger partial charge is 0.481 e. The topological polar surface area (TPSA) is 106 Å². The van der Waals surface area contributed by atoms with Crippen LogP contribution in [0.4, 0.5) is 16.2 Å². The Hall–Kier alpha value is -4.46. The molecule has 182 valence electrons. The number of carboxylic acids is 1. The number of hydrogen-bond acceptors (Lipinski definition) is 6. The number of hydrogen-bond donors (Lipinski definition) is 1. The van der Waals surface area contributed by atoms with Gasteiger partial charge in [-0.2, -0.15) is 0 Å². The van der Waals surface area contributed by atoms with Gasteiger partial charge in [-0.25, -0.2) is 9.69 Å². The maximum atomic E-state index is 12.9. The molecule has 8 nitrogen and oxygen atoms in total. The number of para-hydroxylation sites is 1. The number of aryl methyl sites for hydroxylation is 1. The molecular formula is C28H25N3O5. The summed E-state index contributed by atoms with van der Waals surface area (Å²) < 4.78 is 11.0. The number of aliphatic carboxylic acids is 1. The summed E-state index contributed by atoms with van der Waals surface area (Å²) in [7, 11) is 0. The predicted molar refractivity (Wildman–Crippen MR) is 134 cm³/mol. The molecule has 5 rings (SSSR count). The van der Waals surface area contributed by atoms with Crippen LogP contribution in [0.2, 0.25) is 0 Å². The fourth-order valence-corrected chi connectivity index (χ4v) is 4.32. The minimum absolute atomic E-state index is 0.227. The molecule has 0 radical (unpaired) electrons. The molecule has 0 bridgehead atoms. The van der Waals surface area contributed by atoms with Gasteiger partial charge in [0.25, 0.3) is 0 Å². The van der Waals surface area contributed by atoms with E-state index in [9.17, 15) is 14.7 Å². The zero-order valence-corrected chi connectivity index (χ0v) is 20.0. The molecule has 0 spiro atoms. The number of ether oxygens (including phenoxy) is 1. The van der Waals surface area contributed by atoms with E-state index in [4.69, 9.17) is 9.26 Å². The normalized spacial score (nSPS) is 13.7. The summed E-state index contributed by atoms with van der Waals surface area (Å²) in [6, 6.07) is 20.4. The summed E-state index contributed by atoms with van der Waals surface area (Å²) in [5, 5.41) is 13.6. The van der Waals surface area contributed by atoms with Crippen LogP contribution in [-0.2, 0) is 14.9 Å². The molecular weight excluding hydrogens is 458 g/mol. The smallest absolute Gasteiger partial charge is 0.419 e. The first-order chi connectivity index (χ1) is 17.4. The Morgan fingerprint density at radius 3 is 2.31 bits per heavy atom. The van der Waals surface area contributed by atoms with Gasteiger partial charge in [-0.3, -0.25) is 9.78 Å². The molecule has 1 aliphatic rings. The van der Waals surface area contributed by atoms with Crippen molar-refractivity contribution in [2.75, 3.05) is 11.5 Å². The van der Waals surface area contributed by atoms with Crippen LogP contribution in [0.25, 0.3) is 22.6 Å². The Balaban J connectivity index is 1.47. The maximum absolute atomic E-state index is 12.9. The van der Waals surface area contributed by atoms with E-state index < -0.39 is 17.5 Å². The first-order valence-electron chi connectivity index (χ1n) is 11.7. The van der Waals surface area contributed by atoms with Gasteiger partial charge in [-0.15, -0.1) is 0 Å². The van der Waals surface area contributed by atoms with Crippen molar-refractivity contribution < 1.29 is 24.0 Å². The van der Waals surface area contributed by atoms with Crippen molar-refractivity contribution in [3.05, 3.63) is 84.2 Å². The number of amides is 1. The van der Waals surface area contributed by atoms with E-state index in [-0.39, 0.29) is 6.61 Å². The van der Waals surface area contributed by atoms with Gasteiger partial charge in [-0.1, -0.05) is 47.6 Å².